The first-order chi connectivity index (χ1) is 16.3. The Labute approximate surface area is 206 Å². The highest BCUT2D eigenvalue weighted by Gasteiger charge is 2.22. The van der Waals surface area contributed by atoms with Gasteiger partial charge in [0.05, 0.1) is 10.3 Å². The summed E-state index contributed by atoms with van der Waals surface area (Å²) in [5.74, 6) is 0.834. The first kappa shape index (κ1) is 23.0. The van der Waals surface area contributed by atoms with Crippen molar-refractivity contribution in [3.05, 3.63) is 52.2 Å². The molecule has 0 saturated heterocycles. The fourth-order valence-electron chi connectivity index (χ4n) is 4.12. The number of rotatable bonds is 6. The van der Waals surface area contributed by atoms with Crippen LogP contribution in [0, 0.1) is 13.8 Å². The summed E-state index contributed by atoms with van der Waals surface area (Å²) in [5, 5.41) is 5.20. The van der Waals surface area contributed by atoms with Gasteiger partial charge in [-0.25, -0.2) is 33.1 Å². The van der Waals surface area contributed by atoms with Crippen molar-refractivity contribution in [2.45, 2.75) is 49.6 Å². The fraction of sp³-hybridized carbons (Fsp3) is 0.304. The Morgan fingerprint density at radius 3 is 2.38 bits per heavy atom. The predicted octanol–water partition coefficient (Wildman–Crippen LogP) is 5.24. The fourth-order valence-corrected chi connectivity index (χ4v) is 6.75. The monoisotopic (exact) mass is 512 g/mol. The number of fused-ring (bicyclic) bond motifs is 3. The topological polar surface area (TPSA) is 110 Å². The van der Waals surface area contributed by atoms with Gasteiger partial charge in [0.1, 0.15) is 10.6 Å². The van der Waals surface area contributed by atoms with Gasteiger partial charge in [0.2, 0.25) is 5.95 Å². The Hall–Kier alpha value is -2.76. The lowest BCUT2D eigenvalue weighted by atomic mass is 9.97. The number of thiophene rings is 1. The number of sulfonamides is 1. The van der Waals surface area contributed by atoms with Crippen LogP contribution in [0.15, 0.2) is 40.4 Å². The third kappa shape index (κ3) is 4.59. The van der Waals surface area contributed by atoms with Crippen LogP contribution in [0.1, 0.15) is 34.7 Å². The maximum absolute atomic E-state index is 12.8. The minimum absolute atomic E-state index is 0.0647. The lowest BCUT2D eigenvalue weighted by Gasteiger charge is -2.13. The average molecular weight is 513 g/mol. The molecule has 1 aliphatic rings. The molecular formula is C23H24N6O2S3. The van der Waals surface area contributed by atoms with Gasteiger partial charge in [0.15, 0.2) is 5.16 Å². The molecule has 0 fully saturated rings. The van der Waals surface area contributed by atoms with Crippen LogP contribution in [0.5, 0.6) is 0 Å². The number of nitrogens with zero attached hydrogens (tertiary/aromatic N) is 4. The van der Waals surface area contributed by atoms with Crippen molar-refractivity contribution in [2.24, 2.45) is 0 Å². The van der Waals surface area contributed by atoms with Gasteiger partial charge < -0.3 is 5.32 Å². The third-order valence-electron chi connectivity index (χ3n) is 5.61. The number of aryl methyl sites for hydroxylation is 4. The van der Waals surface area contributed by atoms with E-state index in [9.17, 15) is 8.42 Å². The van der Waals surface area contributed by atoms with E-state index >= 15 is 0 Å². The van der Waals surface area contributed by atoms with E-state index in [1.807, 2.05) is 6.26 Å². The maximum atomic E-state index is 12.8. The van der Waals surface area contributed by atoms with Crippen LogP contribution < -0.4 is 10.0 Å². The van der Waals surface area contributed by atoms with Gasteiger partial charge in [0.25, 0.3) is 10.0 Å². The van der Waals surface area contributed by atoms with Gasteiger partial charge >= 0.3 is 0 Å². The second-order valence-electron chi connectivity index (χ2n) is 8.18. The zero-order valence-electron chi connectivity index (χ0n) is 19.0. The molecule has 0 amide bonds. The summed E-state index contributed by atoms with van der Waals surface area (Å²) in [4.78, 5) is 20.3. The van der Waals surface area contributed by atoms with Crippen molar-refractivity contribution < 1.29 is 8.42 Å². The summed E-state index contributed by atoms with van der Waals surface area (Å²) in [5.41, 5.74) is 3.49. The Morgan fingerprint density at radius 1 is 0.971 bits per heavy atom. The molecule has 1 aromatic carbocycles. The minimum atomic E-state index is -3.82. The minimum Gasteiger partial charge on any atom is -0.340 e. The van der Waals surface area contributed by atoms with E-state index in [0.717, 1.165) is 34.6 Å². The van der Waals surface area contributed by atoms with Gasteiger partial charge in [-0.15, -0.1) is 11.3 Å². The van der Waals surface area contributed by atoms with Crippen LogP contribution in [0.2, 0.25) is 0 Å². The highest BCUT2D eigenvalue weighted by atomic mass is 32.2. The zero-order valence-corrected chi connectivity index (χ0v) is 21.5. The van der Waals surface area contributed by atoms with Gasteiger partial charge in [-0.05, 0) is 81.7 Å². The first-order valence-electron chi connectivity index (χ1n) is 10.9. The molecule has 3 heterocycles. The number of benzene rings is 1. The average Bonchev–Trinajstić information content (AvgIpc) is 3.17. The SMILES string of the molecule is CSc1nc(Nc2ccc(S(=O)(=O)Nc3nc(C)cc(C)n3)cc2)c2c3c(sc2n1)CCCC3. The summed E-state index contributed by atoms with van der Waals surface area (Å²) in [7, 11) is -3.82. The molecule has 0 saturated carbocycles. The second kappa shape index (κ2) is 9.12. The largest absolute Gasteiger partial charge is 0.340 e. The van der Waals surface area contributed by atoms with Crippen molar-refractivity contribution in [1.29, 1.82) is 0 Å². The van der Waals surface area contributed by atoms with Crippen LogP contribution in [-0.2, 0) is 22.9 Å². The summed E-state index contributed by atoms with van der Waals surface area (Å²) in [6, 6.07) is 8.38. The molecule has 1 aliphatic carbocycles. The van der Waals surface area contributed by atoms with E-state index in [-0.39, 0.29) is 10.8 Å². The van der Waals surface area contributed by atoms with E-state index in [1.165, 1.54) is 35.0 Å². The van der Waals surface area contributed by atoms with E-state index in [1.54, 1.807) is 55.5 Å². The number of hydrogen-bond donors (Lipinski definition) is 2. The van der Waals surface area contributed by atoms with Crippen LogP contribution in [0.25, 0.3) is 10.2 Å². The molecule has 3 aromatic heterocycles. The van der Waals surface area contributed by atoms with Crippen molar-refractivity contribution in [3.63, 3.8) is 0 Å². The summed E-state index contributed by atoms with van der Waals surface area (Å²) in [6.45, 7) is 3.59. The molecule has 0 aliphatic heterocycles. The number of nitrogens with one attached hydrogen (secondary N) is 2. The second-order valence-corrected chi connectivity index (χ2v) is 11.7. The molecule has 8 nitrogen and oxygen atoms in total. The molecule has 0 radical (unpaired) electrons. The van der Waals surface area contributed by atoms with Crippen LogP contribution >= 0.6 is 23.1 Å². The van der Waals surface area contributed by atoms with Gasteiger partial charge in [-0.1, -0.05) is 11.8 Å². The molecule has 5 rings (SSSR count). The van der Waals surface area contributed by atoms with Crippen LogP contribution in [0.4, 0.5) is 17.5 Å². The molecule has 2 N–H and O–H groups in total. The zero-order chi connectivity index (χ0) is 23.9. The third-order valence-corrected chi connectivity index (χ3v) is 8.69. The van der Waals surface area contributed by atoms with Gasteiger partial charge in [-0.3, -0.25) is 0 Å². The van der Waals surface area contributed by atoms with E-state index in [4.69, 9.17) is 9.97 Å². The van der Waals surface area contributed by atoms with Crippen molar-refractivity contribution >= 4 is 60.8 Å². The van der Waals surface area contributed by atoms with E-state index in [2.05, 4.69) is 20.0 Å². The number of thioether (sulfide) groups is 1. The Balaban J connectivity index is 1.44. The Kier molecular flexibility index (Phi) is 6.17. The Bertz CT molecular complexity index is 1460. The van der Waals surface area contributed by atoms with Crippen molar-refractivity contribution in [2.75, 3.05) is 16.3 Å². The molecule has 11 heteroatoms. The number of hydrogen-bond acceptors (Lipinski definition) is 9. The molecule has 34 heavy (non-hydrogen) atoms. The smallest absolute Gasteiger partial charge is 0.264 e. The van der Waals surface area contributed by atoms with Crippen LogP contribution in [0.3, 0.4) is 0 Å². The van der Waals surface area contributed by atoms with E-state index < -0.39 is 10.0 Å². The molecule has 0 atom stereocenters. The van der Waals surface area contributed by atoms with Gasteiger partial charge in [-0.2, -0.15) is 0 Å². The highest BCUT2D eigenvalue weighted by molar-refractivity contribution is 7.98. The normalized spacial score (nSPS) is 13.6. The molecule has 0 unspecified atom stereocenters. The summed E-state index contributed by atoms with van der Waals surface area (Å²) < 4.78 is 28.2. The van der Waals surface area contributed by atoms with Crippen molar-refractivity contribution in [1.82, 2.24) is 19.9 Å². The molecule has 176 valence electrons. The maximum Gasteiger partial charge on any atom is 0.264 e. The van der Waals surface area contributed by atoms with Gasteiger partial charge in [0, 0.05) is 22.0 Å². The molecule has 0 spiro atoms. The quantitative estimate of drug-likeness (QED) is 0.266. The van der Waals surface area contributed by atoms with Crippen molar-refractivity contribution in [3.8, 4) is 0 Å². The number of aromatic nitrogens is 4. The number of anilines is 3. The standard InChI is InChI=1S/C23H24N6O2S3/c1-13-12-14(2)25-22(24-13)29-34(30,31)16-10-8-15(9-11-16)26-20-19-17-6-4-5-7-18(17)33-21(19)28-23(27-20)32-3/h8-12H,4-7H2,1-3H3,(H,24,25,29)(H,26,27,28). The van der Waals surface area contributed by atoms with E-state index in [0.29, 0.717) is 16.5 Å². The molecule has 0 bridgehead atoms. The first-order valence-corrected chi connectivity index (χ1v) is 14.4. The molecule has 4 aromatic rings. The summed E-state index contributed by atoms with van der Waals surface area (Å²) in [6.07, 6.45) is 6.48. The lowest BCUT2D eigenvalue weighted by molar-refractivity contribution is 0.601. The summed E-state index contributed by atoms with van der Waals surface area (Å²) >= 11 is 3.27. The lowest BCUT2D eigenvalue weighted by Crippen LogP contribution is -2.15. The van der Waals surface area contributed by atoms with Crippen LogP contribution in [-0.4, -0.2) is 34.6 Å². The highest BCUT2D eigenvalue weighted by Crippen LogP contribution is 2.40. The Morgan fingerprint density at radius 2 is 1.68 bits per heavy atom. The predicted molar refractivity (Wildman–Crippen MR) is 138 cm³/mol. The molecular weight excluding hydrogens is 488 g/mol.